The van der Waals surface area contributed by atoms with E-state index < -0.39 is 0 Å². The van der Waals surface area contributed by atoms with Gasteiger partial charge in [-0.15, -0.1) is 0 Å². The van der Waals surface area contributed by atoms with Crippen LogP contribution < -0.4 is 10.6 Å². The Morgan fingerprint density at radius 3 is 2.87 bits per heavy atom. The average Bonchev–Trinajstić information content (AvgIpc) is 2.18. The maximum Gasteiger partial charge on any atom is 0.234 e. The molecule has 1 atom stereocenters. The van der Waals surface area contributed by atoms with Crippen molar-refractivity contribution in [1.82, 2.24) is 10.6 Å². The first-order valence-electron chi connectivity index (χ1n) is 4.83. The molecule has 0 bridgehead atoms. The van der Waals surface area contributed by atoms with E-state index in [2.05, 4.69) is 26.6 Å². The van der Waals surface area contributed by atoms with Crippen LogP contribution in [0.5, 0.6) is 0 Å². The van der Waals surface area contributed by atoms with Gasteiger partial charge in [-0.2, -0.15) is 0 Å². The van der Waals surface area contributed by atoms with Gasteiger partial charge in [0.1, 0.15) is 0 Å². The zero-order valence-electron chi connectivity index (χ0n) is 8.88. The van der Waals surface area contributed by atoms with Crippen molar-refractivity contribution < 1.29 is 4.79 Å². The molecule has 2 N–H and O–H groups in total. The highest BCUT2D eigenvalue weighted by atomic mass is 79.9. The van der Waals surface area contributed by atoms with Crippen molar-refractivity contribution in [3.63, 3.8) is 0 Å². The molecule has 1 amide bonds. The molecule has 3 nitrogen and oxygen atoms in total. The molecule has 1 rings (SSSR count). The lowest BCUT2D eigenvalue weighted by Crippen LogP contribution is -2.33. The standard InChI is InChI=1S/C11H15BrN2O/c1-8(14-11(15)7-13-2)9-4-3-5-10(12)6-9/h3-6,8,13H,7H2,1-2H3,(H,14,15)/t8-/m0/s1. The van der Waals surface area contributed by atoms with Crippen molar-refractivity contribution in [1.29, 1.82) is 0 Å². The van der Waals surface area contributed by atoms with Gasteiger partial charge in [-0.05, 0) is 31.7 Å². The first-order valence-corrected chi connectivity index (χ1v) is 5.62. The van der Waals surface area contributed by atoms with Gasteiger partial charge in [0, 0.05) is 4.47 Å². The number of hydrogen-bond donors (Lipinski definition) is 2. The zero-order valence-corrected chi connectivity index (χ0v) is 10.5. The largest absolute Gasteiger partial charge is 0.348 e. The number of carbonyl (C=O) groups excluding carboxylic acids is 1. The summed E-state index contributed by atoms with van der Waals surface area (Å²) in [6, 6.07) is 7.95. The summed E-state index contributed by atoms with van der Waals surface area (Å²) in [4.78, 5) is 11.3. The molecule has 0 heterocycles. The molecular weight excluding hydrogens is 256 g/mol. The smallest absolute Gasteiger partial charge is 0.234 e. The lowest BCUT2D eigenvalue weighted by molar-refractivity contribution is -0.120. The van der Waals surface area contributed by atoms with E-state index in [9.17, 15) is 4.79 Å². The van der Waals surface area contributed by atoms with Crippen molar-refractivity contribution in [2.75, 3.05) is 13.6 Å². The fourth-order valence-corrected chi connectivity index (χ4v) is 1.73. The summed E-state index contributed by atoms with van der Waals surface area (Å²) in [6.07, 6.45) is 0. The fraction of sp³-hybridized carbons (Fsp3) is 0.364. The second-order valence-electron chi connectivity index (χ2n) is 3.37. The van der Waals surface area contributed by atoms with Gasteiger partial charge in [0.25, 0.3) is 0 Å². The number of benzene rings is 1. The van der Waals surface area contributed by atoms with Crippen molar-refractivity contribution in [2.45, 2.75) is 13.0 Å². The predicted molar refractivity (Wildman–Crippen MR) is 64.6 cm³/mol. The van der Waals surface area contributed by atoms with Crippen LogP contribution in [0.3, 0.4) is 0 Å². The molecule has 0 fully saturated rings. The summed E-state index contributed by atoms with van der Waals surface area (Å²) >= 11 is 3.40. The average molecular weight is 271 g/mol. The van der Waals surface area contributed by atoms with Gasteiger partial charge in [-0.1, -0.05) is 28.1 Å². The Labute approximate surface area is 98.4 Å². The van der Waals surface area contributed by atoms with E-state index in [0.717, 1.165) is 10.0 Å². The maximum atomic E-state index is 11.3. The molecule has 1 aromatic rings. The maximum absolute atomic E-state index is 11.3. The molecule has 82 valence electrons. The molecule has 15 heavy (non-hydrogen) atoms. The lowest BCUT2D eigenvalue weighted by atomic mass is 10.1. The number of nitrogens with one attached hydrogen (secondary N) is 2. The highest BCUT2D eigenvalue weighted by molar-refractivity contribution is 9.10. The van der Waals surface area contributed by atoms with Crippen molar-refractivity contribution >= 4 is 21.8 Å². The first-order chi connectivity index (χ1) is 7.13. The number of likely N-dealkylation sites (N-methyl/N-ethyl adjacent to an activating group) is 1. The van der Waals surface area contributed by atoms with Gasteiger partial charge in [0.05, 0.1) is 12.6 Å². The van der Waals surface area contributed by atoms with E-state index >= 15 is 0 Å². The van der Waals surface area contributed by atoms with Crippen LogP contribution in [0.4, 0.5) is 0 Å². The Morgan fingerprint density at radius 1 is 1.53 bits per heavy atom. The molecule has 0 aliphatic carbocycles. The molecule has 0 aliphatic heterocycles. The highest BCUT2D eigenvalue weighted by Gasteiger charge is 2.08. The normalized spacial score (nSPS) is 12.2. The summed E-state index contributed by atoms with van der Waals surface area (Å²) in [7, 11) is 1.75. The van der Waals surface area contributed by atoms with Crippen molar-refractivity contribution in [3.8, 4) is 0 Å². The minimum absolute atomic E-state index is 0.00461. The molecule has 0 saturated carbocycles. The first kappa shape index (κ1) is 12.2. The second-order valence-corrected chi connectivity index (χ2v) is 4.29. The summed E-state index contributed by atoms with van der Waals surface area (Å²) < 4.78 is 1.02. The van der Waals surface area contributed by atoms with Crippen molar-refractivity contribution in [3.05, 3.63) is 34.3 Å². The molecule has 0 aromatic heterocycles. The monoisotopic (exact) mass is 270 g/mol. The Kier molecular flexibility index (Phi) is 4.78. The summed E-state index contributed by atoms with van der Waals surface area (Å²) in [5.41, 5.74) is 1.09. The van der Waals surface area contributed by atoms with Crippen LogP contribution in [0.25, 0.3) is 0 Å². The van der Waals surface area contributed by atoms with E-state index in [0.29, 0.717) is 6.54 Å². The Balaban J connectivity index is 2.60. The zero-order chi connectivity index (χ0) is 11.3. The topological polar surface area (TPSA) is 41.1 Å². The van der Waals surface area contributed by atoms with E-state index in [1.165, 1.54) is 0 Å². The Hall–Kier alpha value is -0.870. The molecule has 0 unspecified atom stereocenters. The summed E-state index contributed by atoms with van der Waals surface area (Å²) in [6.45, 7) is 2.31. The molecule has 0 aliphatic rings. The van der Waals surface area contributed by atoms with Gasteiger partial charge < -0.3 is 10.6 Å². The Bertz CT molecular complexity index is 341. The van der Waals surface area contributed by atoms with Crippen LogP contribution in [0, 0.1) is 0 Å². The quantitative estimate of drug-likeness (QED) is 0.877. The molecule has 0 saturated heterocycles. The van der Waals surface area contributed by atoms with E-state index in [1.54, 1.807) is 7.05 Å². The third-order valence-corrected chi connectivity index (χ3v) is 2.56. The van der Waals surface area contributed by atoms with Gasteiger partial charge in [0.2, 0.25) is 5.91 Å². The predicted octanol–water partition coefficient (Wildman–Crippen LogP) is 1.85. The molecule has 1 aromatic carbocycles. The number of halogens is 1. The van der Waals surface area contributed by atoms with Crippen LogP contribution in [0.15, 0.2) is 28.7 Å². The van der Waals surface area contributed by atoms with E-state index in [-0.39, 0.29) is 11.9 Å². The lowest BCUT2D eigenvalue weighted by Gasteiger charge is -2.14. The van der Waals surface area contributed by atoms with Crippen LogP contribution in [0.2, 0.25) is 0 Å². The van der Waals surface area contributed by atoms with Gasteiger partial charge in [-0.25, -0.2) is 0 Å². The highest BCUT2D eigenvalue weighted by Crippen LogP contribution is 2.17. The molecular formula is C11H15BrN2O. The summed E-state index contributed by atoms with van der Waals surface area (Å²) in [5, 5.41) is 5.72. The fourth-order valence-electron chi connectivity index (χ4n) is 1.31. The summed E-state index contributed by atoms with van der Waals surface area (Å²) in [5.74, 6) is 0.00461. The number of hydrogen-bond acceptors (Lipinski definition) is 2. The van der Waals surface area contributed by atoms with Crippen molar-refractivity contribution in [2.24, 2.45) is 0 Å². The number of carbonyl (C=O) groups is 1. The molecule has 0 radical (unpaired) electrons. The Morgan fingerprint density at radius 2 is 2.27 bits per heavy atom. The van der Waals surface area contributed by atoms with Crippen LogP contribution in [-0.4, -0.2) is 19.5 Å². The van der Waals surface area contributed by atoms with Crippen LogP contribution in [0.1, 0.15) is 18.5 Å². The number of amides is 1. The second kappa shape index (κ2) is 5.88. The molecule has 4 heteroatoms. The van der Waals surface area contributed by atoms with Gasteiger partial charge >= 0.3 is 0 Å². The SMILES string of the molecule is CNCC(=O)N[C@@H](C)c1cccc(Br)c1. The minimum Gasteiger partial charge on any atom is -0.348 e. The van der Waals surface area contributed by atoms with E-state index in [4.69, 9.17) is 0 Å². The van der Waals surface area contributed by atoms with Gasteiger partial charge in [-0.3, -0.25) is 4.79 Å². The van der Waals surface area contributed by atoms with Gasteiger partial charge in [0.15, 0.2) is 0 Å². The third kappa shape index (κ3) is 4.01. The minimum atomic E-state index is 0.00461. The van der Waals surface area contributed by atoms with Crippen LogP contribution in [-0.2, 0) is 4.79 Å². The molecule has 0 spiro atoms. The van der Waals surface area contributed by atoms with Crippen LogP contribution >= 0.6 is 15.9 Å². The number of rotatable bonds is 4. The third-order valence-electron chi connectivity index (χ3n) is 2.06. The van der Waals surface area contributed by atoms with E-state index in [1.807, 2.05) is 31.2 Å².